The predicted molar refractivity (Wildman–Crippen MR) is 99.1 cm³/mol. The smallest absolute Gasteiger partial charge is 0.276 e. The number of piperazine rings is 1. The second-order valence-electron chi connectivity index (χ2n) is 6.50. The van der Waals surface area contributed by atoms with Crippen LogP contribution in [0.15, 0.2) is 33.4 Å². The Kier molecular flexibility index (Phi) is 6.28. The Labute approximate surface area is 158 Å². The summed E-state index contributed by atoms with van der Waals surface area (Å²) < 4.78 is 10.4. The van der Waals surface area contributed by atoms with Crippen molar-refractivity contribution in [3.8, 4) is 11.5 Å². The summed E-state index contributed by atoms with van der Waals surface area (Å²) in [6, 6.07) is 5.08. The maximum absolute atomic E-state index is 12.6. The molecule has 0 atom stereocenters. The van der Waals surface area contributed by atoms with E-state index in [1.54, 1.807) is 23.1 Å². The van der Waals surface area contributed by atoms with Crippen molar-refractivity contribution >= 4 is 11.8 Å². The molecule has 8 nitrogen and oxygen atoms in total. The molecule has 1 saturated heterocycles. The highest BCUT2D eigenvalue weighted by molar-refractivity contribution is 5.93. The maximum Gasteiger partial charge on any atom is 0.276 e. The first kappa shape index (κ1) is 19.2. The third-order valence-corrected chi connectivity index (χ3v) is 4.95. The molecule has 3 rings (SSSR count). The monoisotopic (exact) mass is 374 g/mol. The fraction of sp³-hybridized carbons (Fsp3) is 0.526. The molecule has 1 aliphatic rings. The van der Waals surface area contributed by atoms with Crippen LogP contribution in [0.1, 0.15) is 30.8 Å². The summed E-state index contributed by atoms with van der Waals surface area (Å²) in [6.07, 6.45) is 2.06. The molecule has 2 aromatic rings. The summed E-state index contributed by atoms with van der Waals surface area (Å²) in [7, 11) is 0. The van der Waals surface area contributed by atoms with Gasteiger partial charge in [0, 0.05) is 45.2 Å². The SMILES string of the molecule is CCN(CC)CCC(=O)N1CCN(C(=O)c2cc(-c3ccco3)on2)CC1. The summed E-state index contributed by atoms with van der Waals surface area (Å²) in [5, 5.41) is 3.86. The maximum atomic E-state index is 12.6. The van der Waals surface area contributed by atoms with E-state index in [1.165, 1.54) is 6.26 Å². The minimum Gasteiger partial charge on any atom is -0.461 e. The summed E-state index contributed by atoms with van der Waals surface area (Å²) in [6.45, 7) is 8.96. The van der Waals surface area contributed by atoms with Gasteiger partial charge in [-0.15, -0.1) is 0 Å². The topological polar surface area (TPSA) is 83.0 Å². The highest BCUT2D eigenvalue weighted by Gasteiger charge is 2.27. The van der Waals surface area contributed by atoms with E-state index >= 15 is 0 Å². The van der Waals surface area contributed by atoms with Gasteiger partial charge in [0.25, 0.3) is 5.91 Å². The third-order valence-electron chi connectivity index (χ3n) is 4.95. The van der Waals surface area contributed by atoms with E-state index in [2.05, 4.69) is 23.9 Å². The number of furan rings is 1. The average molecular weight is 374 g/mol. The van der Waals surface area contributed by atoms with Crippen molar-refractivity contribution in [3.63, 3.8) is 0 Å². The van der Waals surface area contributed by atoms with E-state index in [9.17, 15) is 9.59 Å². The molecule has 0 unspecified atom stereocenters. The van der Waals surface area contributed by atoms with Crippen LogP contribution in [0.4, 0.5) is 0 Å². The second-order valence-corrected chi connectivity index (χ2v) is 6.50. The quantitative estimate of drug-likeness (QED) is 0.737. The zero-order valence-corrected chi connectivity index (χ0v) is 15.9. The fourth-order valence-corrected chi connectivity index (χ4v) is 3.18. The van der Waals surface area contributed by atoms with Crippen LogP contribution in [-0.4, -0.2) is 77.5 Å². The summed E-state index contributed by atoms with van der Waals surface area (Å²) in [5.74, 6) is 0.918. The molecule has 0 bridgehead atoms. The first-order chi connectivity index (χ1) is 13.1. The van der Waals surface area contributed by atoms with E-state index in [1.807, 2.05) is 4.90 Å². The van der Waals surface area contributed by atoms with Crippen molar-refractivity contribution in [1.29, 1.82) is 0 Å². The normalized spacial score (nSPS) is 14.8. The van der Waals surface area contributed by atoms with Gasteiger partial charge in [-0.05, 0) is 25.2 Å². The Bertz CT molecular complexity index is 744. The Hall–Kier alpha value is -2.61. The molecule has 2 amide bonds. The molecule has 0 aliphatic carbocycles. The molecule has 1 aliphatic heterocycles. The lowest BCUT2D eigenvalue weighted by Crippen LogP contribution is -2.51. The molecule has 3 heterocycles. The Morgan fingerprint density at radius 2 is 1.81 bits per heavy atom. The number of amides is 2. The van der Waals surface area contributed by atoms with E-state index < -0.39 is 0 Å². The standard InChI is InChI=1S/C19H26N4O4/c1-3-21(4-2)8-7-18(24)22-9-11-23(12-10-22)19(25)15-14-17(27-20-15)16-6-5-13-26-16/h5-6,13-14H,3-4,7-12H2,1-2H3. The third kappa shape index (κ3) is 4.57. The highest BCUT2D eigenvalue weighted by Crippen LogP contribution is 2.21. The number of carbonyl (C=O) groups is 2. The number of rotatable bonds is 7. The van der Waals surface area contributed by atoms with Crippen LogP contribution in [0.25, 0.3) is 11.5 Å². The number of hydrogen-bond donors (Lipinski definition) is 0. The van der Waals surface area contributed by atoms with Gasteiger partial charge >= 0.3 is 0 Å². The highest BCUT2D eigenvalue weighted by atomic mass is 16.5. The molecular formula is C19H26N4O4. The Morgan fingerprint density at radius 1 is 1.11 bits per heavy atom. The van der Waals surface area contributed by atoms with Crippen molar-refractivity contribution in [2.24, 2.45) is 0 Å². The van der Waals surface area contributed by atoms with E-state index in [0.717, 1.165) is 19.6 Å². The molecular weight excluding hydrogens is 348 g/mol. The van der Waals surface area contributed by atoms with Crippen LogP contribution >= 0.6 is 0 Å². The van der Waals surface area contributed by atoms with Crippen molar-refractivity contribution < 1.29 is 18.5 Å². The molecule has 27 heavy (non-hydrogen) atoms. The second kappa shape index (κ2) is 8.85. The summed E-state index contributed by atoms with van der Waals surface area (Å²) in [4.78, 5) is 30.8. The first-order valence-corrected chi connectivity index (χ1v) is 9.42. The lowest BCUT2D eigenvalue weighted by atomic mass is 10.2. The Morgan fingerprint density at radius 3 is 2.44 bits per heavy atom. The molecule has 0 radical (unpaired) electrons. The zero-order valence-electron chi connectivity index (χ0n) is 15.9. The van der Waals surface area contributed by atoms with E-state index in [0.29, 0.717) is 44.1 Å². The molecule has 146 valence electrons. The first-order valence-electron chi connectivity index (χ1n) is 9.42. The lowest BCUT2D eigenvalue weighted by Gasteiger charge is -2.34. The van der Waals surface area contributed by atoms with Crippen molar-refractivity contribution in [2.45, 2.75) is 20.3 Å². The van der Waals surface area contributed by atoms with Gasteiger partial charge < -0.3 is 23.6 Å². The number of nitrogens with zero attached hydrogens (tertiary/aromatic N) is 4. The van der Waals surface area contributed by atoms with Crippen LogP contribution in [0.5, 0.6) is 0 Å². The number of hydrogen-bond acceptors (Lipinski definition) is 6. The number of aromatic nitrogens is 1. The molecule has 8 heteroatoms. The minimum atomic E-state index is -0.188. The van der Waals surface area contributed by atoms with Gasteiger partial charge in [-0.3, -0.25) is 9.59 Å². The largest absolute Gasteiger partial charge is 0.461 e. The molecule has 2 aromatic heterocycles. The van der Waals surface area contributed by atoms with Gasteiger partial charge in [-0.2, -0.15) is 0 Å². The number of carbonyl (C=O) groups excluding carboxylic acids is 2. The Balaban J connectivity index is 1.50. The average Bonchev–Trinajstić information content (AvgIpc) is 3.39. The molecule has 0 spiro atoms. The lowest BCUT2D eigenvalue weighted by molar-refractivity contribution is -0.133. The van der Waals surface area contributed by atoms with Crippen LogP contribution in [-0.2, 0) is 4.79 Å². The van der Waals surface area contributed by atoms with Crippen LogP contribution in [0.2, 0.25) is 0 Å². The van der Waals surface area contributed by atoms with Crippen molar-refractivity contribution in [1.82, 2.24) is 19.9 Å². The molecule has 1 fully saturated rings. The summed E-state index contributed by atoms with van der Waals surface area (Å²) >= 11 is 0. The van der Waals surface area contributed by atoms with Gasteiger partial charge in [0.15, 0.2) is 11.5 Å². The van der Waals surface area contributed by atoms with Gasteiger partial charge in [0.1, 0.15) is 0 Å². The molecule has 0 aromatic carbocycles. The molecule has 0 saturated carbocycles. The summed E-state index contributed by atoms with van der Waals surface area (Å²) in [5.41, 5.74) is 0.253. The van der Waals surface area contributed by atoms with Gasteiger partial charge in [-0.25, -0.2) is 0 Å². The van der Waals surface area contributed by atoms with E-state index in [-0.39, 0.29) is 17.5 Å². The van der Waals surface area contributed by atoms with Crippen LogP contribution in [0, 0.1) is 0 Å². The van der Waals surface area contributed by atoms with Crippen molar-refractivity contribution in [3.05, 3.63) is 30.2 Å². The minimum absolute atomic E-state index is 0.149. The fourth-order valence-electron chi connectivity index (χ4n) is 3.18. The predicted octanol–water partition coefficient (Wildman–Crippen LogP) is 1.95. The van der Waals surface area contributed by atoms with Gasteiger partial charge in [0.05, 0.1) is 6.26 Å². The van der Waals surface area contributed by atoms with Crippen LogP contribution in [0.3, 0.4) is 0 Å². The molecule has 0 N–H and O–H groups in total. The van der Waals surface area contributed by atoms with Crippen molar-refractivity contribution in [2.75, 3.05) is 45.8 Å². The zero-order chi connectivity index (χ0) is 19.2. The van der Waals surface area contributed by atoms with Gasteiger partial charge in [0.2, 0.25) is 11.7 Å². The van der Waals surface area contributed by atoms with Gasteiger partial charge in [-0.1, -0.05) is 19.0 Å². The van der Waals surface area contributed by atoms with E-state index in [4.69, 9.17) is 8.94 Å². The van der Waals surface area contributed by atoms with Crippen LogP contribution < -0.4 is 0 Å².